The highest BCUT2D eigenvalue weighted by molar-refractivity contribution is 5.81. The molecular formula is C14H17F2NO4. The van der Waals surface area contributed by atoms with Crippen LogP contribution in [0, 0.1) is 0 Å². The number of carbonyl (C=O) groups excluding carboxylic acids is 2. The van der Waals surface area contributed by atoms with Crippen molar-refractivity contribution < 1.29 is 27.8 Å². The number of ether oxygens (including phenoxy) is 2. The van der Waals surface area contributed by atoms with Gasteiger partial charge < -0.3 is 14.8 Å². The minimum atomic E-state index is -2.74. The molecule has 7 heteroatoms. The van der Waals surface area contributed by atoms with E-state index < -0.39 is 31.0 Å². The summed E-state index contributed by atoms with van der Waals surface area (Å²) in [7, 11) is 0. The molecule has 1 unspecified atom stereocenters. The number of alkyl halides is 2. The van der Waals surface area contributed by atoms with Gasteiger partial charge in [-0.2, -0.15) is 0 Å². The Morgan fingerprint density at radius 1 is 1.19 bits per heavy atom. The number of esters is 1. The lowest BCUT2D eigenvalue weighted by Gasteiger charge is -2.16. The molecule has 5 nitrogen and oxygen atoms in total. The van der Waals surface area contributed by atoms with Crippen molar-refractivity contribution >= 4 is 12.1 Å². The Hall–Kier alpha value is -2.18. The Kier molecular flexibility index (Phi) is 7.14. The average Bonchev–Trinajstić information content (AvgIpc) is 2.45. The fourth-order valence-electron chi connectivity index (χ4n) is 1.54. The molecule has 1 N–H and O–H groups in total. The van der Waals surface area contributed by atoms with E-state index in [2.05, 4.69) is 10.1 Å². The molecule has 21 heavy (non-hydrogen) atoms. The van der Waals surface area contributed by atoms with Gasteiger partial charge in [0.05, 0.1) is 6.61 Å². The van der Waals surface area contributed by atoms with Crippen LogP contribution in [0.4, 0.5) is 13.6 Å². The maximum absolute atomic E-state index is 12.4. The van der Waals surface area contributed by atoms with Crippen LogP contribution in [-0.2, 0) is 20.9 Å². The molecule has 0 heterocycles. The smallest absolute Gasteiger partial charge is 0.408 e. The third-order valence-electron chi connectivity index (χ3n) is 2.49. The molecule has 116 valence electrons. The Labute approximate surface area is 121 Å². The van der Waals surface area contributed by atoms with Gasteiger partial charge in [-0.15, -0.1) is 0 Å². The number of carbonyl (C=O) groups is 2. The van der Waals surface area contributed by atoms with Gasteiger partial charge in [0, 0.05) is 6.42 Å². The number of hydrogen-bond donors (Lipinski definition) is 1. The van der Waals surface area contributed by atoms with E-state index in [9.17, 15) is 18.4 Å². The van der Waals surface area contributed by atoms with Crippen LogP contribution in [0.1, 0.15) is 18.9 Å². The third kappa shape index (κ3) is 6.69. The van der Waals surface area contributed by atoms with Crippen LogP contribution in [0.15, 0.2) is 30.3 Å². The van der Waals surface area contributed by atoms with E-state index in [0.717, 1.165) is 5.56 Å². The maximum atomic E-state index is 12.4. The molecule has 0 fully saturated rings. The number of rotatable bonds is 7. The van der Waals surface area contributed by atoms with Gasteiger partial charge in [0.25, 0.3) is 0 Å². The van der Waals surface area contributed by atoms with Gasteiger partial charge in [0.15, 0.2) is 0 Å². The van der Waals surface area contributed by atoms with Gasteiger partial charge >= 0.3 is 12.1 Å². The van der Waals surface area contributed by atoms with Crippen LogP contribution >= 0.6 is 0 Å². The summed E-state index contributed by atoms with van der Waals surface area (Å²) >= 11 is 0. The number of amides is 1. The quantitative estimate of drug-likeness (QED) is 0.786. The lowest BCUT2D eigenvalue weighted by atomic mass is 10.2. The van der Waals surface area contributed by atoms with Crippen molar-refractivity contribution in [2.24, 2.45) is 0 Å². The molecule has 0 saturated heterocycles. The molecule has 0 spiro atoms. The second kappa shape index (κ2) is 8.89. The van der Waals surface area contributed by atoms with Gasteiger partial charge in [0.1, 0.15) is 12.6 Å². The maximum Gasteiger partial charge on any atom is 0.408 e. The fraction of sp³-hybridized carbons (Fsp3) is 0.429. The first kappa shape index (κ1) is 16.9. The summed E-state index contributed by atoms with van der Waals surface area (Å²) < 4.78 is 34.3. The van der Waals surface area contributed by atoms with E-state index >= 15 is 0 Å². The van der Waals surface area contributed by atoms with Crippen molar-refractivity contribution in [3.8, 4) is 0 Å². The van der Waals surface area contributed by atoms with Crippen molar-refractivity contribution in [2.75, 3.05) is 6.61 Å². The second-order valence-corrected chi connectivity index (χ2v) is 4.14. The predicted octanol–water partition coefficient (Wildman–Crippen LogP) is 2.50. The molecule has 1 aromatic rings. The topological polar surface area (TPSA) is 64.6 Å². The molecule has 0 bridgehead atoms. The van der Waals surface area contributed by atoms with Crippen LogP contribution in [0.25, 0.3) is 0 Å². The van der Waals surface area contributed by atoms with Gasteiger partial charge in [0.2, 0.25) is 6.43 Å². The standard InChI is InChI=1S/C14H17F2NO4/c1-2-20-13(18)11(8-12(15)16)17-14(19)21-9-10-6-4-3-5-7-10/h3-7,11-12H,2,8-9H2,1H3,(H,17,19). The van der Waals surface area contributed by atoms with Crippen LogP contribution < -0.4 is 5.32 Å². The monoisotopic (exact) mass is 301 g/mol. The molecule has 1 aromatic carbocycles. The first-order valence-corrected chi connectivity index (χ1v) is 6.45. The molecule has 0 saturated carbocycles. The number of alkyl carbamates (subject to hydrolysis) is 1. The first-order valence-electron chi connectivity index (χ1n) is 6.45. The van der Waals surface area contributed by atoms with E-state index in [1.54, 1.807) is 31.2 Å². The molecule has 1 atom stereocenters. The van der Waals surface area contributed by atoms with Crippen molar-refractivity contribution in [1.82, 2.24) is 5.32 Å². The van der Waals surface area contributed by atoms with E-state index in [0.29, 0.717) is 0 Å². The zero-order valence-electron chi connectivity index (χ0n) is 11.6. The molecular weight excluding hydrogens is 284 g/mol. The molecule has 0 radical (unpaired) electrons. The molecule has 0 aliphatic carbocycles. The fourth-order valence-corrected chi connectivity index (χ4v) is 1.54. The first-order chi connectivity index (χ1) is 10.0. The lowest BCUT2D eigenvalue weighted by Crippen LogP contribution is -2.43. The number of halogens is 2. The summed E-state index contributed by atoms with van der Waals surface area (Å²) in [6.45, 7) is 1.57. The lowest BCUT2D eigenvalue weighted by molar-refractivity contribution is -0.146. The molecule has 1 amide bonds. The van der Waals surface area contributed by atoms with E-state index in [1.165, 1.54) is 0 Å². The Morgan fingerprint density at radius 3 is 2.43 bits per heavy atom. The minimum Gasteiger partial charge on any atom is -0.464 e. The van der Waals surface area contributed by atoms with Gasteiger partial charge in [-0.3, -0.25) is 0 Å². The Balaban J connectivity index is 2.49. The van der Waals surface area contributed by atoms with Crippen LogP contribution in [0.2, 0.25) is 0 Å². The highest BCUT2D eigenvalue weighted by atomic mass is 19.3. The van der Waals surface area contributed by atoms with Gasteiger partial charge in [-0.05, 0) is 12.5 Å². The van der Waals surface area contributed by atoms with E-state index in [-0.39, 0.29) is 13.2 Å². The zero-order chi connectivity index (χ0) is 15.7. The van der Waals surface area contributed by atoms with Crippen LogP contribution in [0.5, 0.6) is 0 Å². The summed E-state index contributed by atoms with van der Waals surface area (Å²) in [5.41, 5.74) is 0.745. The van der Waals surface area contributed by atoms with Crippen LogP contribution in [0.3, 0.4) is 0 Å². The van der Waals surface area contributed by atoms with Gasteiger partial charge in [-0.25, -0.2) is 18.4 Å². The third-order valence-corrected chi connectivity index (χ3v) is 2.49. The van der Waals surface area contributed by atoms with Crippen molar-refractivity contribution in [2.45, 2.75) is 32.4 Å². The Morgan fingerprint density at radius 2 is 1.86 bits per heavy atom. The summed E-state index contributed by atoms with van der Waals surface area (Å²) in [4.78, 5) is 23.0. The molecule has 0 aromatic heterocycles. The van der Waals surface area contributed by atoms with Crippen LogP contribution in [-0.4, -0.2) is 31.1 Å². The summed E-state index contributed by atoms with van der Waals surface area (Å²) in [6, 6.07) is 7.42. The highest BCUT2D eigenvalue weighted by Gasteiger charge is 2.26. The second-order valence-electron chi connectivity index (χ2n) is 4.14. The molecule has 1 rings (SSSR count). The average molecular weight is 301 g/mol. The Bertz CT molecular complexity index is 454. The number of hydrogen-bond acceptors (Lipinski definition) is 4. The van der Waals surface area contributed by atoms with Crippen molar-refractivity contribution in [1.29, 1.82) is 0 Å². The zero-order valence-corrected chi connectivity index (χ0v) is 11.6. The minimum absolute atomic E-state index is 0.0170. The highest BCUT2D eigenvalue weighted by Crippen LogP contribution is 2.07. The van der Waals surface area contributed by atoms with Gasteiger partial charge in [-0.1, -0.05) is 30.3 Å². The largest absolute Gasteiger partial charge is 0.464 e. The van der Waals surface area contributed by atoms with Crippen molar-refractivity contribution in [3.05, 3.63) is 35.9 Å². The number of benzene rings is 1. The van der Waals surface area contributed by atoms with E-state index in [4.69, 9.17) is 4.74 Å². The summed E-state index contributed by atoms with van der Waals surface area (Å²) in [5.74, 6) is -0.908. The predicted molar refractivity (Wildman–Crippen MR) is 70.8 cm³/mol. The number of nitrogens with one attached hydrogen (secondary N) is 1. The van der Waals surface area contributed by atoms with E-state index in [1.807, 2.05) is 6.07 Å². The normalized spacial score (nSPS) is 11.8. The summed E-state index contributed by atoms with van der Waals surface area (Å²) in [6.07, 6.45) is -4.51. The SMILES string of the molecule is CCOC(=O)C(CC(F)F)NC(=O)OCc1ccccc1. The summed E-state index contributed by atoms with van der Waals surface area (Å²) in [5, 5.41) is 2.09. The molecule has 0 aliphatic heterocycles. The van der Waals surface area contributed by atoms with Crippen molar-refractivity contribution in [3.63, 3.8) is 0 Å². The molecule has 0 aliphatic rings.